The van der Waals surface area contributed by atoms with Crippen molar-refractivity contribution in [2.45, 2.75) is 0 Å². The van der Waals surface area contributed by atoms with Crippen LogP contribution < -0.4 is 0 Å². The molecule has 0 aliphatic carbocycles. The van der Waals surface area contributed by atoms with Crippen LogP contribution in [0.4, 0.5) is 0 Å². The van der Waals surface area contributed by atoms with Crippen LogP contribution in [0.5, 0.6) is 0 Å². The number of rotatable bonds is 3. The van der Waals surface area contributed by atoms with Crippen molar-refractivity contribution in [2.75, 3.05) is 7.05 Å². The highest BCUT2D eigenvalue weighted by molar-refractivity contribution is 6.31. The van der Waals surface area contributed by atoms with Gasteiger partial charge in [0, 0.05) is 17.6 Å². The number of halogens is 1. The lowest BCUT2D eigenvalue weighted by Crippen LogP contribution is -2.23. The van der Waals surface area contributed by atoms with E-state index in [0.29, 0.717) is 21.2 Å². The molecule has 0 saturated carbocycles. The minimum Gasteiger partial charge on any atom is -0.286 e. The number of carbonyl (C=O) groups excluding carboxylic acids is 1. The average molecular weight is 338 g/mol. The van der Waals surface area contributed by atoms with Crippen LogP contribution in [0.1, 0.15) is 11.1 Å². The third-order valence-electron chi connectivity index (χ3n) is 3.76. The molecule has 0 unspecified atom stereocenters. The fraction of sp³-hybridized carbons (Fsp3) is 0.0500. The van der Waals surface area contributed by atoms with Gasteiger partial charge in [0.1, 0.15) is 0 Å². The predicted molar refractivity (Wildman–Crippen MR) is 97.8 cm³/mol. The van der Waals surface area contributed by atoms with E-state index < -0.39 is 5.91 Å². The number of carbonyl (C=O) groups is 1. The van der Waals surface area contributed by atoms with Crippen LogP contribution in [0.25, 0.3) is 22.4 Å². The van der Waals surface area contributed by atoms with E-state index in [1.165, 1.54) is 7.05 Å². The van der Waals surface area contributed by atoms with Crippen molar-refractivity contribution in [3.63, 3.8) is 0 Å². The minimum atomic E-state index is -0.481. The molecule has 0 atom stereocenters. The van der Waals surface area contributed by atoms with E-state index in [1.54, 1.807) is 30.3 Å². The lowest BCUT2D eigenvalue weighted by molar-refractivity contribution is -0.151. The van der Waals surface area contributed by atoms with E-state index >= 15 is 0 Å². The van der Waals surface area contributed by atoms with Gasteiger partial charge in [-0.3, -0.25) is 10.0 Å². The molecule has 0 aliphatic rings. The maximum absolute atomic E-state index is 12.4. The summed E-state index contributed by atoms with van der Waals surface area (Å²) in [4.78, 5) is 12.4. The standard InChI is InChI=1S/C20H16ClNO2/c1-22(24)20(23)19(16-8-10-18(21)11-9-16)13-14-6-7-15-4-2-3-5-17(15)12-14/h2-13,24H,1H3/b19-13+. The Morgan fingerprint density at radius 1 is 1.00 bits per heavy atom. The first kappa shape index (κ1) is 16.2. The minimum absolute atomic E-state index is 0.395. The highest BCUT2D eigenvalue weighted by Gasteiger charge is 2.15. The molecule has 24 heavy (non-hydrogen) atoms. The van der Waals surface area contributed by atoms with Gasteiger partial charge < -0.3 is 0 Å². The fourth-order valence-electron chi connectivity index (χ4n) is 2.54. The van der Waals surface area contributed by atoms with E-state index in [1.807, 2.05) is 42.5 Å². The van der Waals surface area contributed by atoms with Gasteiger partial charge in [0.15, 0.2) is 0 Å². The van der Waals surface area contributed by atoms with Gasteiger partial charge in [0.05, 0.1) is 0 Å². The zero-order valence-corrected chi connectivity index (χ0v) is 13.9. The SMILES string of the molecule is CN(O)C(=O)/C(=C/c1ccc2ccccc2c1)c1ccc(Cl)cc1. The summed E-state index contributed by atoms with van der Waals surface area (Å²) in [5, 5.41) is 13.0. The fourth-order valence-corrected chi connectivity index (χ4v) is 2.66. The monoisotopic (exact) mass is 337 g/mol. The van der Waals surface area contributed by atoms with Crippen molar-refractivity contribution in [2.24, 2.45) is 0 Å². The Labute approximate surface area is 145 Å². The molecule has 0 fully saturated rings. The maximum atomic E-state index is 12.4. The number of hydroxylamine groups is 2. The number of likely N-dealkylation sites (N-methyl/N-ethyl adjacent to an activating group) is 1. The Kier molecular flexibility index (Phi) is 4.65. The van der Waals surface area contributed by atoms with Crippen molar-refractivity contribution in [1.29, 1.82) is 0 Å². The Bertz CT molecular complexity index is 914. The third-order valence-corrected chi connectivity index (χ3v) is 4.02. The van der Waals surface area contributed by atoms with Crippen molar-refractivity contribution >= 4 is 39.9 Å². The molecular weight excluding hydrogens is 322 g/mol. The second-order valence-corrected chi connectivity index (χ2v) is 5.94. The molecule has 1 N–H and O–H groups in total. The molecule has 120 valence electrons. The van der Waals surface area contributed by atoms with Crippen molar-refractivity contribution < 1.29 is 10.0 Å². The summed E-state index contributed by atoms with van der Waals surface area (Å²) in [6.45, 7) is 0. The Morgan fingerprint density at radius 3 is 2.33 bits per heavy atom. The molecule has 0 aliphatic heterocycles. The van der Waals surface area contributed by atoms with E-state index in [0.717, 1.165) is 16.3 Å². The molecule has 3 aromatic rings. The van der Waals surface area contributed by atoms with Gasteiger partial charge in [-0.2, -0.15) is 0 Å². The molecule has 3 rings (SSSR count). The number of hydrogen-bond acceptors (Lipinski definition) is 2. The second-order valence-electron chi connectivity index (χ2n) is 5.50. The topological polar surface area (TPSA) is 40.5 Å². The average Bonchev–Trinajstić information content (AvgIpc) is 2.60. The Morgan fingerprint density at radius 2 is 1.67 bits per heavy atom. The van der Waals surface area contributed by atoms with Crippen LogP contribution >= 0.6 is 11.6 Å². The summed E-state index contributed by atoms with van der Waals surface area (Å²) < 4.78 is 0. The van der Waals surface area contributed by atoms with Gasteiger partial charge in [0.25, 0.3) is 5.91 Å². The van der Waals surface area contributed by atoms with Crippen LogP contribution in [0.3, 0.4) is 0 Å². The highest BCUT2D eigenvalue weighted by atomic mass is 35.5. The van der Waals surface area contributed by atoms with Gasteiger partial charge >= 0.3 is 0 Å². The zero-order chi connectivity index (χ0) is 17.1. The molecule has 0 heterocycles. The van der Waals surface area contributed by atoms with E-state index in [2.05, 4.69) is 0 Å². The van der Waals surface area contributed by atoms with Crippen LogP contribution in [0, 0.1) is 0 Å². The van der Waals surface area contributed by atoms with Crippen molar-refractivity contribution in [3.8, 4) is 0 Å². The summed E-state index contributed by atoms with van der Waals surface area (Å²) in [5.74, 6) is -0.481. The lowest BCUT2D eigenvalue weighted by Gasteiger charge is -2.13. The highest BCUT2D eigenvalue weighted by Crippen LogP contribution is 2.24. The Balaban J connectivity index is 2.10. The second kappa shape index (κ2) is 6.87. The van der Waals surface area contributed by atoms with E-state index in [-0.39, 0.29) is 0 Å². The third kappa shape index (κ3) is 3.48. The predicted octanol–water partition coefficient (Wildman–Crippen LogP) is 4.88. The molecule has 0 saturated heterocycles. The van der Waals surface area contributed by atoms with Gasteiger partial charge in [-0.25, -0.2) is 5.06 Å². The molecule has 0 radical (unpaired) electrons. The first-order valence-electron chi connectivity index (χ1n) is 7.48. The number of nitrogens with zero attached hydrogens (tertiary/aromatic N) is 1. The van der Waals surface area contributed by atoms with Crippen molar-refractivity contribution in [1.82, 2.24) is 5.06 Å². The largest absolute Gasteiger partial charge is 0.286 e. The van der Waals surface area contributed by atoms with E-state index in [4.69, 9.17) is 11.6 Å². The van der Waals surface area contributed by atoms with Gasteiger partial charge in [-0.05, 0) is 46.2 Å². The molecule has 4 heteroatoms. The molecule has 0 spiro atoms. The first-order valence-corrected chi connectivity index (χ1v) is 7.86. The van der Waals surface area contributed by atoms with Crippen molar-refractivity contribution in [3.05, 3.63) is 82.9 Å². The quantitative estimate of drug-likeness (QED) is 0.320. The maximum Gasteiger partial charge on any atom is 0.277 e. The van der Waals surface area contributed by atoms with Gasteiger partial charge in [-0.1, -0.05) is 60.1 Å². The molecule has 1 amide bonds. The molecule has 3 nitrogen and oxygen atoms in total. The number of hydrogen-bond donors (Lipinski definition) is 1. The summed E-state index contributed by atoms with van der Waals surface area (Å²) in [5.41, 5.74) is 1.97. The smallest absolute Gasteiger partial charge is 0.277 e. The number of amides is 1. The molecule has 0 bridgehead atoms. The number of benzene rings is 3. The van der Waals surface area contributed by atoms with Gasteiger partial charge in [-0.15, -0.1) is 0 Å². The number of fused-ring (bicyclic) bond motifs is 1. The first-order chi connectivity index (χ1) is 11.5. The summed E-state index contributed by atoms with van der Waals surface area (Å²) in [6, 6.07) is 20.9. The summed E-state index contributed by atoms with van der Waals surface area (Å²) >= 11 is 5.92. The molecule has 3 aromatic carbocycles. The van der Waals surface area contributed by atoms with Gasteiger partial charge in [0.2, 0.25) is 0 Å². The Hall–Kier alpha value is -2.62. The van der Waals surface area contributed by atoms with E-state index in [9.17, 15) is 10.0 Å². The zero-order valence-electron chi connectivity index (χ0n) is 13.1. The molecular formula is C20H16ClNO2. The summed E-state index contributed by atoms with van der Waals surface area (Å²) in [6.07, 6.45) is 1.77. The van der Waals surface area contributed by atoms with Crippen LogP contribution in [0.2, 0.25) is 5.02 Å². The molecule has 0 aromatic heterocycles. The summed E-state index contributed by atoms with van der Waals surface area (Å²) in [7, 11) is 1.31. The normalized spacial score (nSPS) is 11.5. The van der Waals surface area contributed by atoms with Crippen LogP contribution in [-0.2, 0) is 4.79 Å². The lowest BCUT2D eigenvalue weighted by atomic mass is 10.00. The van der Waals surface area contributed by atoms with Crippen LogP contribution in [-0.4, -0.2) is 23.2 Å². The van der Waals surface area contributed by atoms with Crippen LogP contribution in [0.15, 0.2) is 66.7 Å².